The van der Waals surface area contributed by atoms with Crippen molar-refractivity contribution in [1.82, 2.24) is 0 Å². The molecule has 1 N–H and O–H groups in total. The Kier molecular flexibility index (Phi) is 5.25. The molecule has 2 bridgehead atoms. The molecule has 0 saturated carbocycles. The first-order chi connectivity index (χ1) is 19.7. The number of methoxy groups -OCH3 is 2. The fourth-order valence-corrected chi connectivity index (χ4v) is 7.32. The van der Waals surface area contributed by atoms with Crippen LogP contribution in [0.15, 0.2) is 18.2 Å². The smallest absolute Gasteiger partial charge is 0.308 e. The van der Waals surface area contributed by atoms with Crippen LogP contribution >= 0.6 is 11.6 Å². The van der Waals surface area contributed by atoms with Crippen molar-refractivity contribution in [3.8, 4) is 23.0 Å². The maximum atomic E-state index is 12.5. The van der Waals surface area contributed by atoms with Gasteiger partial charge in [0.05, 0.1) is 42.7 Å². The molecular weight excluding hydrogens is 560 g/mol. The van der Waals surface area contributed by atoms with Gasteiger partial charge in [0, 0.05) is 30.4 Å². The van der Waals surface area contributed by atoms with Crippen molar-refractivity contribution in [3.63, 3.8) is 0 Å². The van der Waals surface area contributed by atoms with Crippen LogP contribution < -0.4 is 14.2 Å². The summed E-state index contributed by atoms with van der Waals surface area (Å²) in [6, 6.07) is 5.17. The van der Waals surface area contributed by atoms with E-state index in [0.717, 1.165) is 12.0 Å². The molecule has 5 atom stereocenters. The molecule has 1 spiro atoms. The molecule has 4 saturated heterocycles. The molecule has 41 heavy (non-hydrogen) atoms. The first-order valence-electron chi connectivity index (χ1n) is 13.4. The standard InChI is InChI=1S/C29H27ClO11/c1-12-10-15-19(22(38-13(2)31)18-14(21(15)33-3)6-7-16(30)20(18)32)23-17(12)24-25-28(34-4,39-23)27(11-37-27)29(40-24,41-25)26-35-8-5-9-36-26/h6-7,10,24-26,32H,5,8-9,11H2,1-4H3/t24?,25?,27-,28+,29?/m0/s1. The van der Waals surface area contributed by atoms with Gasteiger partial charge < -0.3 is 47.7 Å². The third kappa shape index (κ3) is 2.92. The number of fused-ring (bicyclic) bond motifs is 8. The van der Waals surface area contributed by atoms with Gasteiger partial charge in [-0.3, -0.25) is 4.79 Å². The molecule has 12 heteroatoms. The molecule has 5 aliphatic rings. The maximum Gasteiger partial charge on any atom is 0.308 e. The quantitative estimate of drug-likeness (QED) is 0.206. The zero-order valence-corrected chi connectivity index (χ0v) is 23.5. The summed E-state index contributed by atoms with van der Waals surface area (Å²) in [6.45, 7) is 4.39. The van der Waals surface area contributed by atoms with Crippen LogP contribution in [0.2, 0.25) is 5.02 Å². The number of hydrogen-bond acceptors (Lipinski definition) is 11. The molecule has 8 rings (SSSR count). The Balaban J connectivity index is 1.46. The topological polar surface area (TPSA) is 124 Å². The van der Waals surface area contributed by atoms with E-state index < -0.39 is 41.6 Å². The van der Waals surface area contributed by atoms with Gasteiger partial charge in [-0.25, -0.2) is 0 Å². The first-order valence-corrected chi connectivity index (χ1v) is 13.7. The van der Waals surface area contributed by atoms with Gasteiger partial charge in [-0.2, -0.15) is 0 Å². The van der Waals surface area contributed by atoms with Crippen molar-refractivity contribution in [2.75, 3.05) is 34.0 Å². The first kappa shape index (κ1) is 25.8. The minimum absolute atomic E-state index is 0.0680. The minimum atomic E-state index is -1.46. The lowest BCUT2D eigenvalue weighted by molar-refractivity contribution is -0.365. The van der Waals surface area contributed by atoms with E-state index in [0.29, 0.717) is 46.4 Å². The van der Waals surface area contributed by atoms with Gasteiger partial charge in [0.15, 0.2) is 11.9 Å². The number of carbonyl (C=O) groups is 1. The second-order valence-electron chi connectivity index (χ2n) is 10.9. The summed E-state index contributed by atoms with van der Waals surface area (Å²) in [6.07, 6.45) is -1.51. The van der Waals surface area contributed by atoms with Crippen LogP contribution in [0.5, 0.6) is 23.0 Å². The number of aryl methyl sites for hydroxylation is 1. The predicted molar refractivity (Wildman–Crippen MR) is 142 cm³/mol. The molecule has 0 radical (unpaired) electrons. The number of esters is 1. The average Bonchev–Trinajstić information content (AvgIpc) is 3.62. The average molecular weight is 587 g/mol. The third-order valence-electron chi connectivity index (χ3n) is 8.84. The third-order valence-corrected chi connectivity index (χ3v) is 9.14. The molecule has 11 nitrogen and oxygen atoms in total. The number of phenols is 1. The van der Waals surface area contributed by atoms with E-state index in [1.165, 1.54) is 21.1 Å². The van der Waals surface area contributed by atoms with Gasteiger partial charge in [-0.15, -0.1) is 0 Å². The van der Waals surface area contributed by atoms with Gasteiger partial charge >= 0.3 is 5.97 Å². The van der Waals surface area contributed by atoms with Gasteiger partial charge in [-0.05, 0) is 37.1 Å². The van der Waals surface area contributed by atoms with E-state index in [2.05, 4.69) is 0 Å². The van der Waals surface area contributed by atoms with E-state index in [1.807, 2.05) is 13.0 Å². The summed E-state index contributed by atoms with van der Waals surface area (Å²) >= 11 is 6.33. The largest absolute Gasteiger partial charge is 0.506 e. The zero-order chi connectivity index (χ0) is 28.5. The number of ether oxygens (including phenoxy) is 9. The van der Waals surface area contributed by atoms with Crippen LogP contribution in [-0.2, 0) is 33.2 Å². The van der Waals surface area contributed by atoms with E-state index in [-0.39, 0.29) is 28.5 Å². The summed E-state index contributed by atoms with van der Waals surface area (Å²) in [7, 11) is 3.05. The molecule has 5 heterocycles. The number of rotatable bonds is 4. The number of hydrogen-bond donors (Lipinski definition) is 1. The van der Waals surface area contributed by atoms with Crippen molar-refractivity contribution in [3.05, 3.63) is 34.3 Å². The Bertz CT molecular complexity index is 1660. The number of aromatic hydroxyl groups is 1. The summed E-state index contributed by atoms with van der Waals surface area (Å²) in [5.41, 5.74) is 0.286. The summed E-state index contributed by atoms with van der Waals surface area (Å²) in [5.74, 6) is -2.91. The zero-order valence-electron chi connectivity index (χ0n) is 22.7. The van der Waals surface area contributed by atoms with Gasteiger partial charge in [0.1, 0.15) is 23.4 Å². The van der Waals surface area contributed by atoms with E-state index in [4.69, 9.17) is 54.2 Å². The molecule has 3 aromatic carbocycles. The number of epoxide rings is 1. The molecule has 4 fully saturated rings. The van der Waals surface area contributed by atoms with E-state index in [9.17, 15) is 9.90 Å². The molecule has 0 amide bonds. The van der Waals surface area contributed by atoms with Crippen molar-refractivity contribution < 1.29 is 52.5 Å². The highest BCUT2D eigenvalue weighted by atomic mass is 35.5. The SMILES string of the molecule is COc1c2ccc(Cl)c(O)c2c(OC(C)=O)c2c3c(c(C)cc12)C1OC2(C4OCCCO4)OC1[C@@](OC)(O3)[C@@]21CO1. The second kappa shape index (κ2) is 8.35. The van der Waals surface area contributed by atoms with E-state index in [1.54, 1.807) is 12.1 Å². The normalized spacial score (nSPS) is 33.3. The summed E-state index contributed by atoms with van der Waals surface area (Å²) in [4.78, 5) is 12.5. The lowest BCUT2D eigenvalue weighted by Gasteiger charge is -2.49. The molecule has 3 unspecified atom stereocenters. The van der Waals surface area contributed by atoms with Crippen molar-refractivity contribution in [2.45, 2.75) is 55.9 Å². The molecule has 3 aromatic rings. The second-order valence-corrected chi connectivity index (χ2v) is 11.3. The predicted octanol–water partition coefficient (Wildman–Crippen LogP) is 4.03. The molecule has 5 aliphatic heterocycles. The molecule has 216 valence electrons. The van der Waals surface area contributed by atoms with Crippen molar-refractivity contribution in [1.29, 1.82) is 0 Å². The van der Waals surface area contributed by atoms with Crippen LogP contribution in [0.3, 0.4) is 0 Å². The monoisotopic (exact) mass is 586 g/mol. The summed E-state index contributed by atoms with van der Waals surface area (Å²) < 4.78 is 56.2. The van der Waals surface area contributed by atoms with Crippen LogP contribution in [0.25, 0.3) is 21.5 Å². The Morgan fingerprint density at radius 3 is 2.51 bits per heavy atom. The highest BCUT2D eigenvalue weighted by Crippen LogP contribution is 2.72. The maximum absolute atomic E-state index is 12.5. The number of carbonyl (C=O) groups excluding carboxylic acids is 1. The van der Waals surface area contributed by atoms with Crippen molar-refractivity contribution in [2.24, 2.45) is 0 Å². The molecule has 0 aliphatic carbocycles. The number of phenolic OH excluding ortho intramolecular Hbond substituents is 1. The fraction of sp³-hybridized carbons (Fsp3) is 0.483. The van der Waals surface area contributed by atoms with Gasteiger partial charge in [0.2, 0.25) is 11.9 Å². The van der Waals surface area contributed by atoms with Gasteiger partial charge in [0.25, 0.3) is 11.6 Å². The molecule has 0 aromatic heterocycles. The Labute approximate surface area is 239 Å². The summed E-state index contributed by atoms with van der Waals surface area (Å²) in [5, 5.41) is 12.9. The minimum Gasteiger partial charge on any atom is -0.506 e. The lowest BCUT2D eigenvalue weighted by Crippen LogP contribution is -2.70. The number of halogens is 1. The highest BCUT2D eigenvalue weighted by Gasteiger charge is 2.93. The highest BCUT2D eigenvalue weighted by molar-refractivity contribution is 6.34. The van der Waals surface area contributed by atoms with Crippen LogP contribution in [0, 0.1) is 6.92 Å². The Hall–Kier alpha value is -2.90. The van der Waals surface area contributed by atoms with Gasteiger partial charge in [-0.1, -0.05) is 11.6 Å². The fourth-order valence-electron chi connectivity index (χ4n) is 7.16. The van der Waals surface area contributed by atoms with Crippen LogP contribution in [-0.4, -0.2) is 74.7 Å². The Morgan fingerprint density at radius 2 is 1.85 bits per heavy atom. The number of benzene rings is 3. The molecular formula is C29H27ClO11. The van der Waals surface area contributed by atoms with E-state index >= 15 is 0 Å². The van der Waals surface area contributed by atoms with Crippen LogP contribution in [0.1, 0.15) is 30.6 Å². The Morgan fingerprint density at radius 1 is 1.10 bits per heavy atom. The van der Waals surface area contributed by atoms with Crippen molar-refractivity contribution >= 4 is 39.1 Å². The van der Waals surface area contributed by atoms with Crippen LogP contribution in [0.4, 0.5) is 0 Å². The lowest BCUT2D eigenvalue weighted by atomic mass is 9.78.